The number of halogens is 2. The molecule has 0 unspecified atom stereocenters. The zero-order valence-electron chi connectivity index (χ0n) is 16.4. The van der Waals surface area contributed by atoms with E-state index in [0.717, 1.165) is 36.1 Å². The number of aromatic nitrogens is 4. The van der Waals surface area contributed by atoms with Gasteiger partial charge in [0.1, 0.15) is 11.3 Å². The van der Waals surface area contributed by atoms with Crippen LogP contribution in [0.25, 0.3) is 11.2 Å². The van der Waals surface area contributed by atoms with Gasteiger partial charge in [-0.05, 0) is 51.0 Å². The first-order valence-electron chi connectivity index (χ1n) is 9.53. The smallest absolute Gasteiger partial charge is 0.332 e. The molecule has 29 heavy (non-hydrogen) atoms. The number of carboxylic acids is 1. The van der Waals surface area contributed by atoms with E-state index in [1.54, 1.807) is 7.05 Å². The first kappa shape index (κ1) is 25.2. The van der Waals surface area contributed by atoms with Gasteiger partial charge in [-0.2, -0.15) is 0 Å². The minimum Gasteiger partial charge on any atom is -0.481 e. The molecule has 0 aromatic carbocycles. The molecular weight excluding hydrogens is 421 g/mol. The van der Waals surface area contributed by atoms with E-state index in [2.05, 4.69) is 9.97 Å². The molecule has 0 radical (unpaired) electrons. The predicted octanol–water partition coefficient (Wildman–Crippen LogP) is 1.75. The Morgan fingerprint density at radius 3 is 2.45 bits per heavy atom. The second-order valence-electron chi connectivity index (χ2n) is 7.42. The van der Waals surface area contributed by atoms with Gasteiger partial charge in [0, 0.05) is 25.9 Å². The molecule has 1 aliphatic rings. The number of H-pyrrole nitrogens is 1. The summed E-state index contributed by atoms with van der Waals surface area (Å²) in [4.78, 5) is 43.6. The van der Waals surface area contributed by atoms with E-state index in [1.165, 1.54) is 4.57 Å². The Morgan fingerprint density at radius 1 is 1.21 bits per heavy atom. The number of carboxylic acid groups (broad SMARTS) is 1. The van der Waals surface area contributed by atoms with E-state index in [-0.39, 0.29) is 43.7 Å². The zero-order valence-corrected chi connectivity index (χ0v) is 18.1. The minimum atomic E-state index is -0.881. The van der Waals surface area contributed by atoms with Crippen molar-refractivity contribution >= 4 is 41.9 Å². The summed E-state index contributed by atoms with van der Waals surface area (Å²) in [7, 11) is 1.60. The third-order valence-electron chi connectivity index (χ3n) is 5.59. The van der Waals surface area contributed by atoms with Gasteiger partial charge < -0.3 is 15.8 Å². The molecule has 4 N–H and O–H groups in total. The number of nitrogens with one attached hydrogen (secondary N) is 1. The lowest BCUT2D eigenvalue weighted by atomic mass is 9.82. The van der Waals surface area contributed by atoms with E-state index in [4.69, 9.17) is 10.8 Å². The highest BCUT2D eigenvalue weighted by molar-refractivity contribution is 5.85. The number of carbonyl (C=O) groups is 1. The molecule has 0 saturated heterocycles. The van der Waals surface area contributed by atoms with Gasteiger partial charge in [-0.3, -0.25) is 18.7 Å². The topological polar surface area (TPSA) is 136 Å². The van der Waals surface area contributed by atoms with Gasteiger partial charge in [-0.1, -0.05) is 0 Å². The van der Waals surface area contributed by atoms with Crippen molar-refractivity contribution in [3.63, 3.8) is 0 Å². The van der Waals surface area contributed by atoms with Gasteiger partial charge in [0.15, 0.2) is 5.65 Å². The predicted molar refractivity (Wildman–Crippen MR) is 115 cm³/mol. The molecule has 0 spiro atoms. The van der Waals surface area contributed by atoms with Crippen molar-refractivity contribution in [1.29, 1.82) is 0 Å². The monoisotopic (exact) mass is 449 g/mol. The molecule has 0 bridgehead atoms. The maximum Gasteiger partial charge on any atom is 0.332 e. The second-order valence-corrected chi connectivity index (χ2v) is 7.42. The summed E-state index contributed by atoms with van der Waals surface area (Å²) in [6.07, 6.45) is 4.93. The number of rotatable bonds is 7. The lowest BCUT2D eigenvalue weighted by molar-refractivity contribution is -0.137. The fraction of sp³-hybridized carbons (Fsp3) is 0.667. The van der Waals surface area contributed by atoms with E-state index in [9.17, 15) is 14.4 Å². The number of aliphatic carboxylic acids is 1. The van der Waals surface area contributed by atoms with Crippen molar-refractivity contribution in [3.8, 4) is 0 Å². The largest absolute Gasteiger partial charge is 0.481 e. The fourth-order valence-corrected chi connectivity index (χ4v) is 3.88. The fourth-order valence-electron chi connectivity index (χ4n) is 3.88. The Hall–Kier alpha value is -1.84. The number of fused-ring (bicyclic) bond motifs is 1. The van der Waals surface area contributed by atoms with Crippen molar-refractivity contribution in [3.05, 3.63) is 26.7 Å². The first-order chi connectivity index (χ1) is 12.9. The quantitative estimate of drug-likeness (QED) is 0.550. The van der Waals surface area contributed by atoms with Gasteiger partial charge in [0.25, 0.3) is 5.56 Å². The van der Waals surface area contributed by atoms with Crippen LogP contribution in [0.1, 0.15) is 56.7 Å². The van der Waals surface area contributed by atoms with E-state index >= 15 is 0 Å². The molecule has 1 aliphatic carbocycles. The number of hydrogen-bond acceptors (Lipinski definition) is 5. The Morgan fingerprint density at radius 2 is 1.86 bits per heavy atom. The van der Waals surface area contributed by atoms with Gasteiger partial charge in [0.2, 0.25) is 0 Å². The molecule has 0 aliphatic heterocycles. The molecule has 9 nitrogen and oxygen atoms in total. The number of nitrogens with two attached hydrogens (primary N) is 1. The SMILES string of the molecule is Cl.Cl.Cn1c(=O)n(CCCCC(=O)O)c(=O)c2[nH]c(C3CCC(CN)CC3)nc21. The molecule has 0 atom stereocenters. The average Bonchev–Trinajstić information content (AvgIpc) is 3.11. The van der Waals surface area contributed by atoms with Crippen molar-refractivity contribution in [2.75, 3.05) is 6.54 Å². The molecule has 11 heteroatoms. The maximum atomic E-state index is 12.8. The Kier molecular flexibility index (Phi) is 9.38. The van der Waals surface area contributed by atoms with E-state index in [0.29, 0.717) is 36.5 Å². The molecular formula is C18H29Cl2N5O4. The summed E-state index contributed by atoms with van der Waals surface area (Å²) in [6.45, 7) is 0.901. The van der Waals surface area contributed by atoms with Crippen molar-refractivity contribution in [2.24, 2.45) is 18.7 Å². The van der Waals surface area contributed by atoms with E-state index < -0.39 is 17.2 Å². The van der Waals surface area contributed by atoms with Crippen LogP contribution in [0.4, 0.5) is 0 Å². The van der Waals surface area contributed by atoms with Crippen LogP contribution in [0.2, 0.25) is 0 Å². The third kappa shape index (κ3) is 5.40. The molecule has 2 aromatic rings. The number of aryl methyl sites for hydroxylation is 1. The van der Waals surface area contributed by atoms with Gasteiger partial charge in [-0.25, -0.2) is 9.78 Å². The van der Waals surface area contributed by atoms with E-state index in [1.807, 2.05) is 0 Å². The summed E-state index contributed by atoms with van der Waals surface area (Å²) in [6, 6.07) is 0. The molecule has 1 saturated carbocycles. The highest BCUT2D eigenvalue weighted by Crippen LogP contribution is 2.34. The normalized spacial score (nSPS) is 18.8. The highest BCUT2D eigenvalue weighted by atomic mass is 35.5. The molecule has 3 rings (SSSR count). The summed E-state index contributed by atoms with van der Waals surface area (Å²) < 4.78 is 2.55. The van der Waals surface area contributed by atoms with Crippen LogP contribution >= 0.6 is 24.8 Å². The first-order valence-corrected chi connectivity index (χ1v) is 9.53. The summed E-state index contributed by atoms with van der Waals surface area (Å²) in [5.74, 6) is 0.682. The number of nitrogens with zero attached hydrogens (tertiary/aromatic N) is 3. The Labute approximate surface area is 180 Å². The molecule has 2 heterocycles. The highest BCUT2D eigenvalue weighted by Gasteiger charge is 2.25. The number of imidazole rings is 1. The maximum absolute atomic E-state index is 12.8. The summed E-state index contributed by atoms with van der Waals surface area (Å²) in [5.41, 5.74) is 5.65. The lowest BCUT2D eigenvalue weighted by Crippen LogP contribution is -2.39. The van der Waals surface area contributed by atoms with Gasteiger partial charge >= 0.3 is 11.7 Å². The van der Waals surface area contributed by atoms with Crippen LogP contribution in [0.15, 0.2) is 9.59 Å². The molecule has 2 aromatic heterocycles. The molecule has 164 valence electrons. The molecule has 1 fully saturated rings. The van der Waals surface area contributed by atoms with Crippen LogP contribution in [-0.4, -0.2) is 36.7 Å². The lowest BCUT2D eigenvalue weighted by Gasteiger charge is -2.26. The van der Waals surface area contributed by atoms with Crippen LogP contribution < -0.4 is 17.0 Å². The van der Waals surface area contributed by atoms with Crippen LogP contribution in [-0.2, 0) is 18.4 Å². The van der Waals surface area contributed by atoms with Gasteiger partial charge in [-0.15, -0.1) is 24.8 Å². The van der Waals surface area contributed by atoms with Crippen molar-refractivity contribution in [1.82, 2.24) is 19.1 Å². The average molecular weight is 450 g/mol. The Balaban J connectivity index is 0.00000210. The standard InChI is InChI=1S/C18H27N5O4.2ClH/c1-22-16-14(17(26)23(18(22)27)9-3-2-4-13(24)25)20-15(21-16)12-7-5-11(10-19)6-8-12;;/h11-12H,2-10,19H2,1H3,(H,20,21)(H,24,25);2*1H. The number of aromatic amines is 1. The van der Waals surface area contributed by atoms with Crippen molar-refractivity contribution in [2.45, 2.75) is 57.4 Å². The zero-order chi connectivity index (χ0) is 19.6. The van der Waals surface area contributed by atoms with Crippen LogP contribution in [0, 0.1) is 5.92 Å². The summed E-state index contributed by atoms with van der Waals surface area (Å²) >= 11 is 0. The molecule has 0 amide bonds. The number of hydrogen-bond donors (Lipinski definition) is 3. The number of unbranched alkanes of at least 4 members (excludes halogenated alkanes) is 1. The second kappa shape index (κ2) is 10.8. The Bertz CT molecular complexity index is 944. The van der Waals surface area contributed by atoms with Gasteiger partial charge in [0.05, 0.1) is 0 Å². The van der Waals surface area contributed by atoms with Crippen LogP contribution in [0.5, 0.6) is 0 Å². The van der Waals surface area contributed by atoms with Crippen LogP contribution in [0.3, 0.4) is 0 Å². The summed E-state index contributed by atoms with van der Waals surface area (Å²) in [5, 5.41) is 8.71. The van der Waals surface area contributed by atoms with Crippen molar-refractivity contribution < 1.29 is 9.90 Å². The third-order valence-corrected chi connectivity index (χ3v) is 5.59. The minimum absolute atomic E-state index is 0.